The van der Waals surface area contributed by atoms with Gasteiger partial charge in [-0.25, -0.2) is 13.6 Å². The molecular formula is C23H19F2N5O3. The van der Waals surface area contributed by atoms with Gasteiger partial charge in [-0.2, -0.15) is 9.78 Å². The molecule has 168 valence electrons. The quantitative estimate of drug-likeness (QED) is 0.637. The Kier molecular flexibility index (Phi) is 5.74. The van der Waals surface area contributed by atoms with Crippen molar-refractivity contribution < 1.29 is 18.4 Å². The van der Waals surface area contributed by atoms with Crippen molar-refractivity contribution in [3.63, 3.8) is 0 Å². The molecule has 0 fully saturated rings. The van der Waals surface area contributed by atoms with Gasteiger partial charge >= 0.3 is 6.03 Å². The summed E-state index contributed by atoms with van der Waals surface area (Å²) in [5.41, 5.74) is 0.611. The molecule has 8 nitrogen and oxygen atoms in total. The molecular weight excluding hydrogens is 432 g/mol. The molecule has 0 unspecified atom stereocenters. The average molecular weight is 451 g/mol. The fourth-order valence-electron chi connectivity index (χ4n) is 3.42. The molecule has 1 aliphatic rings. The number of aromatic nitrogens is 2. The summed E-state index contributed by atoms with van der Waals surface area (Å²) >= 11 is 0. The first-order valence-electron chi connectivity index (χ1n) is 9.91. The van der Waals surface area contributed by atoms with Crippen molar-refractivity contribution in [2.45, 2.75) is 13.0 Å². The molecule has 0 saturated heterocycles. The van der Waals surface area contributed by atoms with E-state index >= 15 is 0 Å². The lowest BCUT2D eigenvalue weighted by Gasteiger charge is -2.30. The summed E-state index contributed by atoms with van der Waals surface area (Å²) in [5, 5.41) is 9.28. The van der Waals surface area contributed by atoms with Crippen LogP contribution in [-0.4, -0.2) is 33.7 Å². The van der Waals surface area contributed by atoms with Gasteiger partial charge in [0.1, 0.15) is 11.6 Å². The molecule has 0 radical (unpaired) electrons. The number of carbonyl (C=O) groups excluding carboxylic acids is 2. The van der Waals surface area contributed by atoms with E-state index in [0.29, 0.717) is 5.56 Å². The minimum Gasteiger partial charge on any atom is -0.327 e. The number of nitrogens with one attached hydrogen (secondary N) is 2. The van der Waals surface area contributed by atoms with Crippen LogP contribution in [0.3, 0.4) is 0 Å². The summed E-state index contributed by atoms with van der Waals surface area (Å²) in [6.45, 7) is 1.48. The molecule has 10 heteroatoms. The van der Waals surface area contributed by atoms with Gasteiger partial charge in [0.2, 0.25) is 0 Å². The van der Waals surface area contributed by atoms with Gasteiger partial charge < -0.3 is 15.5 Å². The lowest BCUT2D eigenvalue weighted by molar-refractivity contribution is -0.113. The van der Waals surface area contributed by atoms with Gasteiger partial charge in [-0.15, -0.1) is 0 Å². The van der Waals surface area contributed by atoms with Crippen LogP contribution in [0.5, 0.6) is 0 Å². The van der Waals surface area contributed by atoms with Gasteiger partial charge in [0, 0.05) is 42.8 Å². The molecule has 0 aliphatic carbocycles. The normalized spacial score (nSPS) is 15.6. The van der Waals surface area contributed by atoms with E-state index in [1.807, 2.05) is 0 Å². The maximum Gasteiger partial charge on any atom is 0.321 e. The second kappa shape index (κ2) is 8.65. The summed E-state index contributed by atoms with van der Waals surface area (Å²) in [6.07, 6.45) is 2.75. The van der Waals surface area contributed by atoms with Crippen molar-refractivity contribution in [3.8, 4) is 5.69 Å². The molecule has 33 heavy (non-hydrogen) atoms. The molecule has 3 aromatic rings. The van der Waals surface area contributed by atoms with Crippen molar-refractivity contribution in [1.29, 1.82) is 0 Å². The molecule has 3 amide bonds. The fraction of sp³-hybridized carbons (Fsp3) is 0.130. The van der Waals surface area contributed by atoms with Crippen LogP contribution in [0.25, 0.3) is 5.69 Å². The van der Waals surface area contributed by atoms with E-state index in [1.165, 1.54) is 73.7 Å². The molecule has 2 N–H and O–H groups in total. The van der Waals surface area contributed by atoms with Crippen LogP contribution in [0.1, 0.15) is 17.2 Å². The second-order valence-electron chi connectivity index (χ2n) is 7.46. The molecule has 2 aromatic carbocycles. The van der Waals surface area contributed by atoms with Crippen LogP contribution in [0.2, 0.25) is 0 Å². The predicted molar refractivity (Wildman–Crippen MR) is 117 cm³/mol. The van der Waals surface area contributed by atoms with Gasteiger partial charge in [-0.05, 0) is 36.8 Å². The number of nitrogens with zero attached hydrogens (tertiary/aromatic N) is 3. The SMILES string of the molecule is Cc1c(F)cc(-n2ncccc2=O)cc1NC(=O)C1=CN(C)C(=O)N[C@H]1c1ccc(F)cc1. The lowest BCUT2D eigenvalue weighted by atomic mass is 9.97. The zero-order valence-corrected chi connectivity index (χ0v) is 17.7. The minimum absolute atomic E-state index is 0.130. The highest BCUT2D eigenvalue weighted by Gasteiger charge is 2.31. The number of benzene rings is 2. The van der Waals surface area contributed by atoms with E-state index in [9.17, 15) is 23.2 Å². The number of urea groups is 1. The van der Waals surface area contributed by atoms with E-state index in [-0.39, 0.29) is 22.5 Å². The van der Waals surface area contributed by atoms with Crippen LogP contribution in [0, 0.1) is 18.6 Å². The maximum absolute atomic E-state index is 14.6. The van der Waals surface area contributed by atoms with E-state index in [4.69, 9.17) is 0 Å². The zero-order chi connectivity index (χ0) is 23.7. The number of anilines is 1. The van der Waals surface area contributed by atoms with Crippen molar-refractivity contribution in [2.24, 2.45) is 0 Å². The van der Waals surface area contributed by atoms with Crippen LogP contribution in [0.4, 0.5) is 19.3 Å². The van der Waals surface area contributed by atoms with Gasteiger partial charge in [-0.1, -0.05) is 12.1 Å². The van der Waals surface area contributed by atoms with Gasteiger partial charge in [0.25, 0.3) is 11.5 Å². The number of halogens is 2. The van der Waals surface area contributed by atoms with Crippen molar-refractivity contribution in [3.05, 3.63) is 99.6 Å². The first-order chi connectivity index (χ1) is 15.7. The highest BCUT2D eigenvalue weighted by atomic mass is 19.1. The third kappa shape index (κ3) is 4.36. The van der Waals surface area contributed by atoms with Crippen LogP contribution >= 0.6 is 0 Å². The Morgan fingerprint density at radius 2 is 1.85 bits per heavy atom. The van der Waals surface area contributed by atoms with Gasteiger partial charge in [0.15, 0.2) is 0 Å². The largest absolute Gasteiger partial charge is 0.327 e. The number of hydrogen-bond acceptors (Lipinski definition) is 4. The zero-order valence-electron chi connectivity index (χ0n) is 17.7. The Morgan fingerprint density at radius 3 is 2.55 bits per heavy atom. The Hall–Kier alpha value is -4.34. The molecule has 1 aromatic heterocycles. The molecule has 1 aliphatic heterocycles. The molecule has 0 bridgehead atoms. The predicted octanol–water partition coefficient (Wildman–Crippen LogP) is 3.04. The Morgan fingerprint density at radius 1 is 1.12 bits per heavy atom. The first-order valence-corrected chi connectivity index (χ1v) is 9.91. The summed E-state index contributed by atoms with van der Waals surface area (Å²) < 4.78 is 29.0. The summed E-state index contributed by atoms with van der Waals surface area (Å²) in [6, 6.07) is 9.41. The monoisotopic (exact) mass is 451 g/mol. The fourth-order valence-corrected chi connectivity index (χ4v) is 3.42. The van der Waals surface area contributed by atoms with E-state index in [0.717, 1.165) is 10.7 Å². The standard InChI is InChI=1S/C23H19F2N5O3/c1-13-18(25)10-16(30-20(31)4-3-9-26-30)11-19(13)27-22(32)17-12-29(2)23(33)28-21(17)14-5-7-15(24)8-6-14/h3-12,21H,1-2H3,(H,27,32)(H,28,33)/t21-/m0/s1. The van der Waals surface area contributed by atoms with Crippen molar-refractivity contribution in [1.82, 2.24) is 20.0 Å². The smallest absolute Gasteiger partial charge is 0.321 e. The highest BCUT2D eigenvalue weighted by molar-refractivity contribution is 6.06. The third-order valence-electron chi connectivity index (χ3n) is 5.24. The maximum atomic E-state index is 14.6. The van der Waals surface area contributed by atoms with E-state index < -0.39 is 35.2 Å². The van der Waals surface area contributed by atoms with Gasteiger partial charge in [-0.3, -0.25) is 9.59 Å². The minimum atomic E-state index is -0.846. The van der Waals surface area contributed by atoms with E-state index in [1.54, 1.807) is 0 Å². The van der Waals surface area contributed by atoms with Gasteiger partial charge in [0.05, 0.1) is 17.3 Å². The summed E-state index contributed by atoms with van der Waals surface area (Å²) in [7, 11) is 1.47. The van der Waals surface area contributed by atoms with Crippen molar-refractivity contribution in [2.75, 3.05) is 12.4 Å². The molecule has 0 spiro atoms. The number of amides is 3. The van der Waals surface area contributed by atoms with Crippen molar-refractivity contribution >= 4 is 17.6 Å². The molecule has 4 rings (SSSR count). The van der Waals surface area contributed by atoms with E-state index in [2.05, 4.69) is 15.7 Å². The molecule has 1 atom stereocenters. The summed E-state index contributed by atoms with van der Waals surface area (Å²) in [5.74, 6) is -1.71. The second-order valence-corrected chi connectivity index (χ2v) is 7.46. The summed E-state index contributed by atoms with van der Waals surface area (Å²) in [4.78, 5) is 38.7. The average Bonchev–Trinajstić information content (AvgIpc) is 2.79. The topological polar surface area (TPSA) is 96.3 Å². The first kappa shape index (κ1) is 21.9. The number of hydrogen-bond donors (Lipinski definition) is 2. The van der Waals surface area contributed by atoms with Crippen LogP contribution in [0.15, 0.2) is 71.3 Å². The Balaban J connectivity index is 1.71. The Bertz CT molecular complexity index is 1330. The molecule has 0 saturated carbocycles. The van der Waals surface area contributed by atoms with Crippen LogP contribution in [-0.2, 0) is 4.79 Å². The highest BCUT2D eigenvalue weighted by Crippen LogP contribution is 2.29. The number of carbonyl (C=O) groups is 2. The molecule has 2 heterocycles. The Labute approximate surface area is 187 Å². The third-order valence-corrected chi connectivity index (χ3v) is 5.24. The number of rotatable bonds is 4. The lowest BCUT2D eigenvalue weighted by Crippen LogP contribution is -2.44. The van der Waals surface area contributed by atoms with Crippen LogP contribution < -0.4 is 16.2 Å².